The maximum Gasteiger partial charge on any atom is 0.143 e. The summed E-state index contributed by atoms with van der Waals surface area (Å²) in [5, 5.41) is 4.74. The fraction of sp³-hybridized carbons (Fsp3) is 0. The summed E-state index contributed by atoms with van der Waals surface area (Å²) < 4.78 is 8.87. The lowest BCUT2D eigenvalue weighted by molar-refractivity contribution is 0.670. The summed E-state index contributed by atoms with van der Waals surface area (Å²) >= 11 is 0. The molecule has 2 heterocycles. The van der Waals surface area contributed by atoms with Gasteiger partial charge in [-0.3, -0.25) is 0 Å². The van der Waals surface area contributed by atoms with Gasteiger partial charge in [0.2, 0.25) is 0 Å². The monoisotopic (exact) mass is 880 g/mol. The van der Waals surface area contributed by atoms with Crippen molar-refractivity contribution < 1.29 is 4.42 Å². The van der Waals surface area contributed by atoms with E-state index in [9.17, 15) is 0 Å². The molecule has 3 nitrogen and oxygen atoms in total. The molecular formula is C66H44N2O. The van der Waals surface area contributed by atoms with Crippen molar-refractivity contribution in [3.8, 4) is 61.3 Å². The Hall–Kier alpha value is -9.18. The molecule has 13 rings (SSSR count). The minimum Gasteiger partial charge on any atom is -0.455 e. The number of rotatable bonds is 9. The molecule has 0 aliphatic heterocycles. The first-order chi connectivity index (χ1) is 34.2. The van der Waals surface area contributed by atoms with E-state index in [0.29, 0.717) is 0 Å². The van der Waals surface area contributed by atoms with Crippen LogP contribution in [0.4, 0.5) is 17.1 Å². The Labute approximate surface area is 401 Å². The van der Waals surface area contributed by atoms with Crippen LogP contribution in [-0.2, 0) is 0 Å². The minimum absolute atomic E-state index is 0.906. The van der Waals surface area contributed by atoms with Gasteiger partial charge >= 0.3 is 0 Å². The van der Waals surface area contributed by atoms with Crippen LogP contribution in [0.25, 0.3) is 105 Å². The van der Waals surface area contributed by atoms with Crippen LogP contribution in [0.1, 0.15) is 0 Å². The third-order valence-electron chi connectivity index (χ3n) is 13.6. The minimum atomic E-state index is 0.906. The Balaban J connectivity index is 0.844. The van der Waals surface area contributed by atoms with E-state index in [4.69, 9.17) is 4.42 Å². The standard InChI is InChI=1S/C66H44N2O/c1-4-15-45(16-5-1)51-35-41-58-59-42-36-52(46-17-6-2-7-18-46)44-64(59)68(63(58)43-51)62-25-12-10-21-56(62)49-29-27-47(28-30-49)48-31-37-54(38-32-48)67(53-19-8-3-9-20-53)55-39-33-50(34-40-55)57-23-14-24-61-60-22-11-13-26-65(60)69-66(57)61/h1-44H. The molecule has 0 saturated carbocycles. The van der Waals surface area contributed by atoms with Gasteiger partial charge in [0.1, 0.15) is 11.2 Å². The Morgan fingerprint density at radius 1 is 0.275 bits per heavy atom. The number of hydrogen-bond acceptors (Lipinski definition) is 2. The van der Waals surface area contributed by atoms with Gasteiger partial charge in [0.05, 0.1) is 16.7 Å². The van der Waals surface area contributed by atoms with Crippen LogP contribution >= 0.6 is 0 Å². The predicted molar refractivity (Wildman–Crippen MR) is 290 cm³/mol. The molecule has 0 spiro atoms. The van der Waals surface area contributed by atoms with Crippen molar-refractivity contribution in [2.45, 2.75) is 0 Å². The van der Waals surface area contributed by atoms with Gasteiger partial charge in [-0.05, 0) is 105 Å². The van der Waals surface area contributed by atoms with Gasteiger partial charge in [0, 0.05) is 49.7 Å². The molecule has 0 aliphatic rings. The predicted octanol–water partition coefficient (Wildman–Crippen LogP) is 18.5. The van der Waals surface area contributed by atoms with Crippen LogP contribution in [0.5, 0.6) is 0 Å². The van der Waals surface area contributed by atoms with Gasteiger partial charge in [0.15, 0.2) is 0 Å². The average Bonchev–Trinajstić information content (AvgIpc) is 3.97. The molecule has 0 amide bonds. The van der Waals surface area contributed by atoms with Crippen LogP contribution in [0.3, 0.4) is 0 Å². The van der Waals surface area contributed by atoms with E-state index in [1.54, 1.807) is 0 Å². The first-order valence-corrected chi connectivity index (χ1v) is 23.6. The molecule has 0 unspecified atom stereocenters. The lowest BCUT2D eigenvalue weighted by Gasteiger charge is -2.26. The molecule has 0 radical (unpaired) electrons. The van der Waals surface area contributed by atoms with Crippen LogP contribution < -0.4 is 4.90 Å². The second-order valence-corrected chi connectivity index (χ2v) is 17.7. The Bertz CT molecular complexity index is 3870. The molecule has 0 saturated heterocycles. The molecule has 0 fully saturated rings. The van der Waals surface area contributed by atoms with Gasteiger partial charge in [0.25, 0.3) is 0 Å². The smallest absolute Gasteiger partial charge is 0.143 e. The number of aromatic nitrogens is 1. The summed E-state index contributed by atoms with van der Waals surface area (Å²) in [6.07, 6.45) is 0. The quantitative estimate of drug-likeness (QED) is 0.144. The molecule has 324 valence electrons. The maximum atomic E-state index is 6.40. The second-order valence-electron chi connectivity index (χ2n) is 17.7. The van der Waals surface area contributed by atoms with E-state index in [0.717, 1.165) is 72.5 Å². The number of para-hydroxylation sites is 4. The van der Waals surface area contributed by atoms with Crippen LogP contribution in [0, 0.1) is 0 Å². The molecule has 11 aromatic carbocycles. The van der Waals surface area contributed by atoms with Crippen molar-refractivity contribution in [2.24, 2.45) is 0 Å². The van der Waals surface area contributed by atoms with Crippen LogP contribution in [0.15, 0.2) is 271 Å². The number of anilines is 3. The number of benzene rings is 11. The van der Waals surface area contributed by atoms with E-state index < -0.39 is 0 Å². The molecular weight excluding hydrogens is 837 g/mol. The summed E-state index contributed by atoms with van der Waals surface area (Å²) in [4.78, 5) is 2.32. The summed E-state index contributed by atoms with van der Waals surface area (Å²) in [6, 6.07) is 96.0. The average molecular weight is 881 g/mol. The van der Waals surface area contributed by atoms with Crippen molar-refractivity contribution >= 4 is 60.8 Å². The fourth-order valence-electron chi connectivity index (χ4n) is 10.2. The van der Waals surface area contributed by atoms with Crippen molar-refractivity contribution in [1.82, 2.24) is 4.57 Å². The zero-order valence-corrected chi connectivity index (χ0v) is 37.7. The normalized spacial score (nSPS) is 11.5. The fourth-order valence-corrected chi connectivity index (χ4v) is 10.2. The van der Waals surface area contributed by atoms with Gasteiger partial charge in [-0.1, -0.05) is 206 Å². The Morgan fingerprint density at radius 2 is 0.696 bits per heavy atom. The SMILES string of the molecule is c1ccc(-c2ccc3c4ccc(-c5ccccc5)cc4n(-c4ccccc4-c4ccc(-c5ccc(N(c6ccccc6)c6ccc(-c7cccc8c7oc7ccccc78)cc6)cc5)cc4)c3c2)cc1. The Morgan fingerprint density at radius 3 is 1.32 bits per heavy atom. The molecule has 0 atom stereocenters. The Kier molecular flexibility index (Phi) is 9.84. The molecule has 2 aromatic heterocycles. The van der Waals surface area contributed by atoms with E-state index in [1.165, 1.54) is 49.6 Å². The lowest BCUT2D eigenvalue weighted by Crippen LogP contribution is -2.09. The zero-order chi connectivity index (χ0) is 45.7. The topological polar surface area (TPSA) is 21.3 Å². The number of nitrogens with zero attached hydrogens (tertiary/aromatic N) is 2. The highest BCUT2D eigenvalue weighted by Gasteiger charge is 2.19. The van der Waals surface area contributed by atoms with Crippen LogP contribution in [0.2, 0.25) is 0 Å². The molecule has 0 bridgehead atoms. The van der Waals surface area contributed by atoms with E-state index in [2.05, 4.69) is 264 Å². The molecule has 69 heavy (non-hydrogen) atoms. The van der Waals surface area contributed by atoms with Gasteiger partial charge in [-0.15, -0.1) is 0 Å². The van der Waals surface area contributed by atoms with Crippen molar-refractivity contribution in [1.29, 1.82) is 0 Å². The summed E-state index contributed by atoms with van der Waals surface area (Å²) in [7, 11) is 0. The summed E-state index contributed by atoms with van der Waals surface area (Å²) in [6.45, 7) is 0. The van der Waals surface area contributed by atoms with Gasteiger partial charge in [-0.2, -0.15) is 0 Å². The maximum absolute atomic E-state index is 6.40. The summed E-state index contributed by atoms with van der Waals surface area (Å²) in [5.41, 5.74) is 20.2. The van der Waals surface area contributed by atoms with Crippen molar-refractivity contribution in [3.63, 3.8) is 0 Å². The zero-order valence-electron chi connectivity index (χ0n) is 37.7. The summed E-state index contributed by atoms with van der Waals surface area (Å²) in [5.74, 6) is 0. The second kappa shape index (κ2) is 16.9. The van der Waals surface area contributed by atoms with Gasteiger partial charge < -0.3 is 13.9 Å². The van der Waals surface area contributed by atoms with E-state index in [1.807, 2.05) is 12.1 Å². The first-order valence-electron chi connectivity index (χ1n) is 23.6. The highest BCUT2D eigenvalue weighted by Crippen LogP contribution is 2.42. The first kappa shape index (κ1) is 40.1. The van der Waals surface area contributed by atoms with Crippen molar-refractivity contribution in [3.05, 3.63) is 267 Å². The van der Waals surface area contributed by atoms with Gasteiger partial charge in [-0.25, -0.2) is 0 Å². The van der Waals surface area contributed by atoms with E-state index in [-0.39, 0.29) is 0 Å². The van der Waals surface area contributed by atoms with Crippen molar-refractivity contribution in [2.75, 3.05) is 4.90 Å². The number of furan rings is 1. The number of hydrogen-bond donors (Lipinski definition) is 0. The largest absolute Gasteiger partial charge is 0.455 e. The molecule has 0 aliphatic carbocycles. The third kappa shape index (κ3) is 7.16. The molecule has 0 N–H and O–H groups in total. The highest BCUT2D eigenvalue weighted by atomic mass is 16.3. The van der Waals surface area contributed by atoms with Crippen LogP contribution in [-0.4, -0.2) is 4.57 Å². The lowest BCUT2D eigenvalue weighted by atomic mass is 9.98. The molecule has 3 heteroatoms. The van der Waals surface area contributed by atoms with E-state index >= 15 is 0 Å². The number of fused-ring (bicyclic) bond motifs is 6. The highest BCUT2D eigenvalue weighted by molar-refractivity contribution is 6.12. The molecule has 13 aromatic rings. The third-order valence-corrected chi connectivity index (χ3v) is 13.6.